The van der Waals surface area contributed by atoms with Crippen molar-refractivity contribution < 1.29 is 44.2 Å². The van der Waals surface area contributed by atoms with Gasteiger partial charge in [0.05, 0.1) is 16.9 Å². The molecule has 4 nitrogen and oxygen atoms in total. The van der Waals surface area contributed by atoms with Gasteiger partial charge in [0.2, 0.25) is 15.3 Å². The highest BCUT2D eigenvalue weighted by Crippen LogP contribution is 2.57. The summed E-state index contributed by atoms with van der Waals surface area (Å²) in [6.45, 7) is 7.31. The molecule has 4 aromatic carbocycles. The van der Waals surface area contributed by atoms with Crippen molar-refractivity contribution >= 4 is 9.84 Å². The van der Waals surface area contributed by atoms with E-state index in [2.05, 4.69) is 0 Å². The van der Waals surface area contributed by atoms with Gasteiger partial charge >= 0.3 is 12.4 Å². The molecule has 0 amide bonds. The molecule has 0 spiro atoms. The van der Waals surface area contributed by atoms with Crippen molar-refractivity contribution in [3.05, 3.63) is 112 Å². The highest BCUT2D eigenvalue weighted by molar-refractivity contribution is 7.91. The van der Waals surface area contributed by atoms with E-state index in [9.17, 15) is 34.8 Å². The Balaban J connectivity index is 1.76. The van der Waals surface area contributed by atoms with Gasteiger partial charge in [-0.2, -0.15) is 26.3 Å². The monoisotopic (exact) mass is 636 g/mol. The van der Waals surface area contributed by atoms with Gasteiger partial charge < -0.3 is 9.47 Å². The standard InChI is InChI=1S/C33H30F6O4S/c1-19-15-24(16-20(2)23(19)5)31(32(34,35)36,33(37,38)39)25-17-21(3)30(22(4)18-25)43-27-9-13-29(14-10-27)44(40,41)28-11-7-26(42-6)8-12-28/h7-18H,1-6H3. The fourth-order valence-electron chi connectivity index (χ4n) is 5.26. The number of hydrogen-bond donors (Lipinski definition) is 0. The molecule has 0 atom stereocenters. The number of aryl methyl sites for hydroxylation is 4. The molecule has 0 heterocycles. The molecule has 4 aromatic rings. The van der Waals surface area contributed by atoms with Crippen LogP contribution in [0.3, 0.4) is 0 Å². The summed E-state index contributed by atoms with van der Waals surface area (Å²) < 4.78 is 126. The van der Waals surface area contributed by atoms with E-state index < -0.39 is 38.7 Å². The molecule has 0 aliphatic heterocycles. The first-order valence-corrected chi connectivity index (χ1v) is 14.8. The maximum atomic E-state index is 14.8. The highest BCUT2D eigenvalue weighted by Gasteiger charge is 2.72. The van der Waals surface area contributed by atoms with E-state index >= 15 is 0 Å². The van der Waals surface area contributed by atoms with Crippen LogP contribution in [0, 0.1) is 34.6 Å². The number of ether oxygens (including phenoxy) is 2. The first kappa shape index (κ1) is 32.9. The number of methoxy groups -OCH3 is 1. The number of halogens is 6. The Morgan fingerprint density at radius 2 is 0.932 bits per heavy atom. The quantitative estimate of drug-likeness (QED) is 0.190. The molecular formula is C33H30F6O4S. The van der Waals surface area contributed by atoms with Crippen molar-refractivity contribution in [1.82, 2.24) is 0 Å². The van der Waals surface area contributed by atoms with Gasteiger partial charge in [-0.15, -0.1) is 0 Å². The van der Waals surface area contributed by atoms with E-state index in [1.807, 2.05) is 0 Å². The van der Waals surface area contributed by atoms with E-state index in [-0.39, 0.29) is 32.4 Å². The van der Waals surface area contributed by atoms with Gasteiger partial charge in [0.25, 0.3) is 0 Å². The number of benzene rings is 4. The molecule has 0 bridgehead atoms. The smallest absolute Gasteiger partial charge is 0.411 e. The second-order valence-electron chi connectivity index (χ2n) is 10.7. The van der Waals surface area contributed by atoms with Crippen LogP contribution in [0.5, 0.6) is 17.2 Å². The van der Waals surface area contributed by atoms with E-state index in [0.717, 1.165) is 24.3 Å². The van der Waals surface area contributed by atoms with Crippen LogP contribution >= 0.6 is 0 Å². The second-order valence-corrected chi connectivity index (χ2v) is 12.6. The van der Waals surface area contributed by atoms with Gasteiger partial charge in [-0.25, -0.2) is 8.42 Å². The molecule has 0 aliphatic rings. The minimum Gasteiger partial charge on any atom is -0.497 e. The average molecular weight is 637 g/mol. The maximum Gasteiger partial charge on any atom is 0.411 e. The lowest BCUT2D eigenvalue weighted by Gasteiger charge is -2.39. The zero-order valence-electron chi connectivity index (χ0n) is 24.7. The van der Waals surface area contributed by atoms with Crippen LogP contribution < -0.4 is 9.47 Å². The van der Waals surface area contributed by atoms with E-state index in [1.54, 1.807) is 6.92 Å². The molecule has 0 aromatic heterocycles. The molecule has 0 saturated carbocycles. The molecule has 0 N–H and O–H groups in total. The summed E-state index contributed by atoms with van der Waals surface area (Å²) in [5, 5.41) is 0. The van der Waals surface area contributed by atoms with Crippen molar-refractivity contribution in [3.63, 3.8) is 0 Å². The maximum absolute atomic E-state index is 14.8. The molecule has 0 saturated heterocycles. The Bertz CT molecular complexity index is 1730. The summed E-state index contributed by atoms with van der Waals surface area (Å²) in [4.78, 5) is -0.00588. The summed E-state index contributed by atoms with van der Waals surface area (Å²) in [5.74, 6) is 0.672. The fraction of sp³-hybridized carbons (Fsp3) is 0.273. The first-order chi connectivity index (χ1) is 20.3. The predicted molar refractivity (Wildman–Crippen MR) is 154 cm³/mol. The van der Waals surface area contributed by atoms with E-state index in [4.69, 9.17) is 9.47 Å². The van der Waals surface area contributed by atoms with Crippen molar-refractivity contribution in [1.29, 1.82) is 0 Å². The van der Waals surface area contributed by atoms with E-state index in [0.29, 0.717) is 22.4 Å². The summed E-state index contributed by atoms with van der Waals surface area (Å²) in [6, 6.07) is 14.7. The Hall–Kier alpha value is -3.99. The van der Waals surface area contributed by atoms with Gasteiger partial charge in [0.1, 0.15) is 17.2 Å². The molecule has 44 heavy (non-hydrogen) atoms. The van der Waals surface area contributed by atoms with Crippen LogP contribution in [0.1, 0.15) is 38.9 Å². The Morgan fingerprint density at radius 3 is 1.30 bits per heavy atom. The molecular weight excluding hydrogens is 606 g/mol. The number of hydrogen-bond acceptors (Lipinski definition) is 4. The van der Waals surface area contributed by atoms with Crippen LogP contribution in [-0.2, 0) is 15.3 Å². The topological polar surface area (TPSA) is 52.6 Å². The minimum absolute atomic E-state index is 0.0334. The normalized spacial score (nSPS) is 12.7. The van der Waals surface area contributed by atoms with Crippen molar-refractivity contribution in [2.45, 2.75) is 62.2 Å². The minimum atomic E-state index is -5.73. The predicted octanol–water partition coefficient (Wildman–Crippen LogP) is 9.27. The Labute approximate surface area is 252 Å². The summed E-state index contributed by atoms with van der Waals surface area (Å²) >= 11 is 0. The van der Waals surface area contributed by atoms with Crippen LogP contribution in [-0.4, -0.2) is 27.9 Å². The second kappa shape index (κ2) is 11.5. The van der Waals surface area contributed by atoms with Crippen LogP contribution in [0.15, 0.2) is 82.6 Å². The lowest BCUT2D eigenvalue weighted by atomic mass is 9.71. The third kappa shape index (κ3) is 5.65. The summed E-state index contributed by atoms with van der Waals surface area (Å²) in [5.41, 5.74) is -4.91. The highest BCUT2D eigenvalue weighted by atomic mass is 32.2. The van der Waals surface area contributed by atoms with Crippen molar-refractivity contribution in [3.8, 4) is 17.2 Å². The SMILES string of the molecule is COc1ccc(S(=O)(=O)c2ccc(Oc3c(C)cc(C(c4cc(C)c(C)c(C)c4)(C(F)(F)F)C(F)(F)F)cc3C)cc2)cc1. The zero-order valence-corrected chi connectivity index (χ0v) is 25.6. The number of rotatable bonds is 7. The molecule has 4 rings (SSSR count). The average Bonchev–Trinajstić information content (AvgIpc) is 2.92. The molecule has 0 radical (unpaired) electrons. The van der Waals surface area contributed by atoms with Crippen LogP contribution in [0.25, 0.3) is 0 Å². The first-order valence-electron chi connectivity index (χ1n) is 13.3. The number of alkyl halides is 6. The Kier molecular flexibility index (Phi) is 8.60. The molecule has 11 heteroatoms. The van der Waals surface area contributed by atoms with E-state index in [1.165, 1.54) is 83.3 Å². The van der Waals surface area contributed by atoms with Crippen molar-refractivity contribution in [2.24, 2.45) is 0 Å². The van der Waals surface area contributed by atoms with Crippen LogP contribution in [0.4, 0.5) is 26.3 Å². The summed E-state index contributed by atoms with van der Waals surface area (Å²) in [7, 11) is -2.43. The zero-order chi connectivity index (χ0) is 32.8. The third-order valence-corrected chi connectivity index (χ3v) is 9.61. The molecule has 0 unspecified atom stereocenters. The van der Waals surface area contributed by atoms with Gasteiger partial charge in [-0.1, -0.05) is 24.3 Å². The van der Waals surface area contributed by atoms with Gasteiger partial charge in [0.15, 0.2) is 0 Å². The fourth-order valence-corrected chi connectivity index (χ4v) is 6.52. The van der Waals surface area contributed by atoms with Gasteiger partial charge in [-0.05, 0) is 122 Å². The Morgan fingerprint density at radius 1 is 0.568 bits per heavy atom. The van der Waals surface area contributed by atoms with Gasteiger partial charge in [0, 0.05) is 0 Å². The summed E-state index contributed by atoms with van der Waals surface area (Å²) in [6.07, 6.45) is -11.5. The molecule has 0 aliphatic carbocycles. The third-order valence-electron chi connectivity index (χ3n) is 7.83. The molecule has 234 valence electrons. The van der Waals surface area contributed by atoms with Gasteiger partial charge in [-0.3, -0.25) is 0 Å². The molecule has 0 fully saturated rings. The van der Waals surface area contributed by atoms with Crippen molar-refractivity contribution in [2.75, 3.05) is 7.11 Å². The lowest BCUT2D eigenvalue weighted by molar-refractivity contribution is -0.288. The number of sulfone groups is 1. The van der Waals surface area contributed by atoms with Crippen LogP contribution in [0.2, 0.25) is 0 Å². The largest absolute Gasteiger partial charge is 0.497 e. The lowest BCUT2D eigenvalue weighted by Crippen LogP contribution is -2.55.